The van der Waals surface area contributed by atoms with Gasteiger partial charge in [0.05, 0.1) is 26.4 Å². The molecular weight excluding hydrogens is 1190 g/mol. The number of phosphoric ester groups is 2. The molecule has 0 spiro atoms. The maximum absolute atomic E-state index is 13.0. The average Bonchev–Trinajstić information content (AvgIpc) is 3.09. The molecule has 0 aliphatic rings. The van der Waals surface area contributed by atoms with Crippen LogP contribution in [0, 0.1) is 5.92 Å². The highest BCUT2D eigenvalue weighted by Gasteiger charge is 2.30. The van der Waals surface area contributed by atoms with Gasteiger partial charge in [0, 0.05) is 25.7 Å². The molecule has 0 aromatic heterocycles. The predicted octanol–water partition coefficient (Wildman–Crippen LogP) is 20.5. The van der Waals surface area contributed by atoms with Crippen LogP contribution in [0.3, 0.4) is 0 Å². The molecule has 5 atom stereocenters. The molecule has 0 aliphatic carbocycles. The Morgan fingerprint density at radius 2 is 0.511 bits per heavy atom. The van der Waals surface area contributed by atoms with E-state index in [0.717, 1.165) is 95.8 Å². The summed E-state index contributed by atoms with van der Waals surface area (Å²) in [5, 5.41) is 10.6. The molecule has 2 unspecified atom stereocenters. The fourth-order valence-corrected chi connectivity index (χ4v) is 12.4. The van der Waals surface area contributed by atoms with Crippen LogP contribution < -0.4 is 0 Å². The highest BCUT2D eigenvalue weighted by molar-refractivity contribution is 7.47. The van der Waals surface area contributed by atoms with Crippen molar-refractivity contribution < 1.29 is 80.2 Å². The van der Waals surface area contributed by atoms with Crippen molar-refractivity contribution in [3.05, 3.63) is 0 Å². The molecule has 90 heavy (non-hydrogen) atoms. The van der Waals surface area contributed by atoms with E-state index in [1.165, 1.54) is 193 Å². The third kappa shape index (κ3) is 64.8. The molecule has 534 valence electrons. The van der Waals surface area contributed by atoms with E-state index in [9.17, 15) is 43.2 Å². The zero-order valence-corrected chi connectivity index (χ0v) is 60.1. The molecule has 0 aliphatic heterocycles. The van der Waals surface area contributed by atoms with E-state index in [1.54, 1.807) is 0 Å². The average molecular weight is 1330 g/mol. The van der Waals surface area contributed by atoms with Crippen molar-refractivity contribution in [3.8, 4) is 0 Å². The van der Waals surface area contributed by atoms with Gasteiger partial charge in [-0.2, -0.15) is 0 Å². The molecule has 0 fully saturated rings. The van der Waals surface area contributed by atoms with Crippen molar-refractivity contribution >= 4 is 39.5 Å². The summed E-state index contributed by atoms with van der Waals surface area (Å²) in [5.41, 5.74) is 0. The number of esters is 4. The highest BCUT2D eigenvalue weighted by atomic mass is 31.2. The largest absolute Gasteiger partial charge is 0.472 e. The summed E-state index contributed by atoms with van der Waals surface area (Å²) < 4.78 is 68.3. The quantitative estimate of drug-likeness (QED) is 0.0222. The van der Waals surface area contributed by atoms with Gasteiger partial charge in [0.1, 0.15) is 19.3 Å². The summed E-state index contributed by atoms with van der Waals surface area (Å²) in [6.45, 7) is 7.25. The number of rotatable bonds is 71. The lowest BCUT2D eigenvalue weighted by Gasteiger charge is -2.21. The first-order valence-electron chi connectivity index (χ1n) is 37.1. The number of phosphoric acid groups is 2. The third-order valence-electron chi connectivity index (χ3n) is 16.5. The van der Waals surface area contributed by atoms with Gasteiger partial charge in [0.15, 0.2) is 12.2 Å². The molecule has 0 heterocycles. The minimum atomic E-state index is -4.95. The second-order valence-corrected chi connectivity index (χ2v) is 29.0. The van der Waals surface area contributed by atoms with Crippen molar-refractivity contribution in [3.63, 3.8) is 0 Å². The highest BCUT2D eigenvalue weighted by Crippen LogP contribution is 2.45. The van der Waals surface area contributed by atoms with Gasteiger partial charge in [-0.25, -0.2) is 9.13 Å². The molecular formula is C71H138O17P2. The Hall–Kier alpha value is -1.94. The zero-order valence-electron chi connectivity index (χ0n) is 58.3. The number of aliphatic hydroxyl groups is 1. The standard InChI is InChI=1S/C71H138O17P2/c1-6-9-12-15-18-21-23-24-25-26-31-35-40-45-50-55-69(74)82-61-67(88-71(76)57-52-47-42-37-32-28-27-30-34-38-43-48-53-64(4)5)63-86-90(79,80)84-59-65(72)58-83-89(77,78)85-62-66(60-81-68(73)54-49-44-39-33-20-17-14-11-8-3)87-70(75)56-51-46-41-36-29-22-19-16-13-10-7-2/h64-67,72H,6-63H2,1-5H3,(H,77,78)(H,79,80)/t65-,66+,67+/m0/s1. The van der Waals surface area contributed by atoms with Crippen LogP contribution in [0.4, 0.5) is 0 Å². The van der Waals surface area contributed by atoms with Crippen LogP contribution in [0.2, 0.25) is 0 Å². The first kappa shape index (κ1) is 88.1. The summed E-state index contributed by atoms with van der Waals surface area (Å²) in [6.07, 6.45) is 51.2. The van der Waals surface area contributed by atoms with Crippen LogP contribution in [0.5, 0.6) is 0 Å². The van der Waals surface area contributed by atoms with Crippen LogP contribution in [0.15, 0.2) is 0 Å². The second-order valence-electron chi connectivity index (χ2n) is 26.1. The number of ether oxygens (including phenoxy) is 4. The van der Waals surface area contributed by atoms with E-state index < -0.39 is 97.5 Å². The van der Waals surface area contributed by atoms with E-state index in [-0.39, 0.29) is 25.7 Å². The number of hydrogen-bond donors (Lipinski definition) is 3. The summed E-state index contributed by atoms with van der Waals surface area (Å²) in [4.78, 5) is 72.5. The van der Waals surface area contributed by atoms with Gasteiger partial charge in [0.25, 0.3) is 0 Å². The Balaban J connectivity index is 5.23. The van der Waals surface area contributed by atoms with Gasteiger partial charge in [-0.3, -0.25) is 37.3 Å². The van der Waals surface area contributed by atoms with Crippen LogP contribution in [0.1, 0.15) is 369 Å². The fourth-order valence-electron chi connectivity index (χ4n) is 10.8. The Bertz CT molecular complexity index is 1740. The first-order chi connectivity index (χ1) is 43.5. The van der Waals surface area contributed by atoms with Crippen molar-refractivity contribution in [1.82, 2.24) is 0 Å². The Morgan fingerprint density at radius 1 is 0.300 bits per heavy atom. The summed E-state index contributed by atoms with van der Waals surface area (Å²) in [7, 11) is -9.90. The van der Waals surface area contributed by atoms with E-state index in [1.807, 2.05) is 0 Å². The van der Waals surface area contributed by atoms with Crippen molar-refractivity contribution in [2.45, 2.75) is 387 Å². The van der Waals surface area contributed by atoms with Gasteiger partial charge in [-0.05, 0) is 31.6 Å². The zero-order chi connectivity index (χ0) is 66.3. The third-order valence-corrected chi connectivity index (χ3v) is 18.4. The van der Waals surface area contributed by atoms with E-state index >= 15 is 0 Å². The fraction of sp³-hybridized carbons (Fsp3) is 0.944. The van der Waals surface area contributed by atoms with Crippen LogP contribution >= 0.6 is 15.6 Å². The number of hydrogen-bond acceptors (Lipinski definition) is 15. The Kier molecular flexibility index (Phi) is 63.0. The maximum atomic E-state index is 13.0. The van der Waals surface area contributed by atoms with Gasteiger partial charge in [0.2, 0.25) is 0 Å². The van der Waals surface area contributed by atoms with E-state index in [0.29, 0.717) is 25.7 Å². The first-order valence-corrected chi connectivity index (χ1v) is 40.1. The molecule has 0 radical (unpaired) electrons. The van der Waals surface area contributed by atoms with Crippen LogP contribution in [-0.4, -0.2) is 96.7 Å². The number of carbonyl (C=O) groups excluding carboxylic acids is 4. The lowest BCUT2D eigenvalue weighted by molar-refractivity contribution is -0.161. The maximum Gasteiger partial charge on any atom is 0.472 e. The van der Waals surface area contributed by atoms with Gasteiger partial charge >= 0.3 is 39.5 Å². The smallest absolute Gasteiger partial charge is 0.462 e. The minimum absolute atomic E-state index is 0.107. The molecule has 0 rings (SSSR count). The summed E-state index contributed by atoms with van der Waals surface area (Å²) >= 11 is 0. The monoisotopic (exact) mass is 1320 g/mol. The second kappa shape index (κ2) is 64.4. The molecule has 0 aromatic rings. The van der Waals surface area contributed by atoms with Crippen molar-refractivity contribution in [1.29, 1.82) is 0 Å². The number of aliphatic hydroxyl groups excluding tert-OH is 1. The Morgan fingerprint density at radius 3 is 0.756 bits per heavy atom. The van der Waals surface area contributed by atoms with E-state index in [2.05, 4.69) is 34.6 Å². The molecule has 17 nitrogen and oxygen atoms in total. The van der Waals surface area contributed by atoms with Crippen LogP contribution in [-0.2, 0) is 65.4 Å². The normalized spacial score (nSPS) is 14.1. The van der Waals surface area contributed by atoms with Gasteiger partial charge < -0.3 is 33.8 Å². The molecule has 0 bridgehead atoms. The molecule has 3 N–H and O–H groups in total. The van der Waals surface area contributed by atoms with Gasteiger partial charge in [-0.15, -0.1) is 0 Å². The van der Waals surface area contributed by atoms with Gasteiger partial charge in [-0.1, -0.05) is 317 Å². The Labute approximate surface area is 549 Å². The topological polar surface area (TPSA) is 237 Å². The van der Waals surface area contributed by atoms with Crippen molar-refractivity contribution in [2.24, 2.45) is 5.92 Å². The molecule has 0 saturated carbocycles. The lowest BCUT2D eigenvalue weighted by Crippen LogP contribution is -2.30. The predicted molar refractivity (Wildman–Crippen MR) is 363 cm³/mol. The number of unbranched alkanes of at least 4 members (excludes halogenated alkanes) is 43. The van der Waals surface area contributed by atoms with Crippen molar-refractivity contribution in [2.75, 3.05) is 39.6 Å². The minimum Gasteiger partial charge on any atom is -0.462 e. The lowest BCUT2D eigenvalue weighted by atomic mass is 10.0. The molecule has 19 heteroatoms. The molecule has 0 saturated heterocycles. The van der Waals surface area contributed by atoms with Crippen LogP contribution in [0.25, 0.3) is 0 Å². The number of carbonyl (C=O) groups is 4. The van der Waals surface area contributed by atoms with E-state index in [4.69, 9.17) is 37.0 Å². The SMILES string of the molecule is CCCCCCCCCCCCCCCCCC(=O)OC[C@H](COP(=O)(O)OC[C@@H](O)COP(=O)(O)OC[C@@H](COC(=O)CCCCCCCCCCC)OC(=O)CCCCCCCCCCCCC)OC(=O)CCCCCCCCCCCCCCC(C)C. The molecule has 0 aromatic carbocycles. The summed E-state index contributed by atoms with van der Waals surface area (Å²) in [5.74, 6) is -1.34. The summed E-state index contributed by atoms with van der Waals surface area (Å²) in [6, 6.07) is 0. The molecule has 0 amide bonds.